The van der Waals surface area contributed by atoms with Crippen LogP contribution in [0.1, 0.15) is 41.0 Å². The van der Waals surface area contributed by atoms with Crippen LogP contribution in [-0.2, 0) is 33.6 Å². The van der Waals surface area contributed by atoms with Gasteiger partial charge >= 0.3 is 0 Å². The highest BCUT2D eigenvalue weighted by Gasteiger charge is 2.30. The number of aromatic hydroxyl groups is 2. The zero-order chi connectivity index (χ0) is 32.1. The predicted molar refractivity (Wildman–Crippen MR) is 165 cm³/mol. The quantitative estimate of drug-likeness (QED) is 0.242. The number of carbonyl (C=O) groups is 2. The molecule has 1 unspecified atom stereocenters. The molecule has 0 radical (unpaired) electrons. The number of ketones is 2. The van der Waals surface area contributed by atoms with Crippen LogP contribution < -0.4 is 23.7 Å². The van der Waals surface area contributed by atoms with E-state index in [4.69, 9.17) is 28.4 Å². The molecule has 2 aliphatic rings. The first-order valence-electron chi connectivity index (χ1n) is 14.5. The number of phenolic OH excluding ortho intramolecular Hbond substituents is 2. The van der Waals surface area contributed by atoms with Gasteiger partial charge in [0.15, 0.2) is 34.5 Å². The SMILES string of the molecule is COC1=CC(=O)C(C(CCc2ccc(O)c(OC)c2)c2cc(CCCc3cc4c(cc3OC)OCO4)c(OC)cc2O)=CC1=O. The fourth-order valence-corrected chi connectivity index (χ4v) is 5.77. The molecule has 10 nitrogen and oxygen atoms in total. The molecule has 1 aliphatic carbocycles. The van der Waals surface area contributed by atoms with Crippen molar-refractivity contribution in [3.05, 3.63) is 88.2 Å². The fraction of sp³-hybridized carbons (Fsp3) is 0.314. The number of hydrogen-bond donors (Lipinski definition) is 2. The molecule has 10 heteroatoms. The van der Waals surface area contributed by atoms with Gasteiger partial charge in [0.1, 0.15) is 17.2 Å². The highest BCUT2D eigenvalue weighted by atomic mass is 16.7. The standard InChI is InChI=1S/C35H36O10/c1-40-30-16-27(37)24(13-21(30)6-5-7-22-14-34-35(45-19-44-34)18-31(22)41-2)23(25-15-29(39)33(43-4)17-28(25)38)10-8-20-9-11-26(36)32(12-20)42-3/h9,11-18,23,36-37H,5-8,10,19H2,1-4H3. The summed E-state index contributed by atoms with van der Waals surface area (Å²) < 4.78 is 32.6. The minimum absolute atomic E-state index is 0.0154. The number of methoxy groups -OCH3 is 4. The lowest BCUT2D eigenvalue weighted by atomic mass is 9.80. The summed E-state index contributed by atoms with van der Waals surface area (Å²) >= 11 is 0. The lowest BCUT2D eigenvalue weighted by Gasteiger charge is -2.24. The first kappa shape index (κ1) is 31.3. The first-order chi connectivity index (χ1) is 21.8. The fourth-order valence-electron chi connectivity index (χ4n) is 5.77. The van der Waals surface area contributed by atoms with Crippen molar-refractivity contribution in [3.8, 4) is 40.2 Å². The van der Waals surface area contributed by atoms with Crippen LogP contribution in [0.2, 0.25) is 0 Å². The van der Waals surface area contributed by atoms with Crippen LogP contribution in [0.4, 0.5) is 0 Å². The van der Waals surface area contributed by atoms with E-state index < -0.39 is 11.7 Å². The first-order valence-corrected chi connectivity index (χ1v) is 14.5. The summed E-state index contributed by atoms with van der Waals surface area (Å²) in [6.07, 6.45) is 5.31. The van der Waals surface area contributed by atoms with Gasteiger partial charge in [0.2, 0.25) is 12.6 Å². The molecule has 0 bridgehead atoms. The molecule has 1 atom stereocenters. The Labute approximate surface area is 261 Å². The molecule has 0 spiro atoms. The van der Waals surface area contributed by atoms with Gasteiger partial charge in [0, 0.05) is 35.3 Å². The number of hydrogen-bond acceptors (Lipinski definition) is 10. The van der Waals surface area contributed by atoms with Crippen LogP contribution in [-0.4, -0.2) is 57.0 Å². The Hall–Kier alpha value is -5.12. The van der Waals surface area contributed by atoms with E-state index in [9.17, 15) is 19.8 Å². The highest BCUT2D eigenvalue weighted by molar-refractivity contribution is 6.19. The van der Waals surface area contributed by atoms with E-state index in [1.54, 1.807) is 31.4 Å². The lowest BCUT2D eigenvalue weighted by Crippen LogP contribution is -2.20. The molecule has 0 aromatic heterocycles. The molecule has 2 N–H and O–H groups in total. The number of aryl methyl sites for hydroxylation is 3. The Morgan fingerprint density at radius 3 is 2.07 bits per heavy atom. The smallest absolute Gasteiger partial charge is 0.231 e. The van der Waals surface area contributed by atoms with Crippen molar-refractivity contribution in [2.24, 2.45) is 0 Å². The third kappa shape index (κ3) is 6.69. The molecule has 0 fully saturated rings. The summed E-state index contributed by atoms with van der Waals surface area (Å²) in [5.74, 6) is 1.38. The van der Waals surface area contributed by atoms with Crippen LogP contribution in [0, 0.1) is 0 Å². The number of rotatable bonds is 13. The van der Waals surface area contributed by atoms with Gasteiger partial charge in [-0.05, 0) is 79.1 Å². The summed E-state index contributed by atoms with van der Waals surface area (Å²) in [4.78, 5) is 26.1. The second-order valence-corrected chi connectivity index (χ2v) is 10.7. The maximum Gasteiger partial charge on any atom is 0.231 e. The largest absolute Gasteiger partial charge is 0.508 e. The van der Waals surface area contributed by atoms with Crippen molar-refractivity contribution in [1.29, 1.82) is 0 Å². The Morgan fingerprint density at radius 1 is 0.711 bits per heavy atom. The van der Waals surface area contributed by atoms with Crippen LogP contribution >= 0.6 is 0 Å². The molecule has 1 heterocycles. The molecular formula is C35H36O10. The lowest BCUT2D eigenvalue weighted by molar-refractivity contribution is -0.117. The van der Waals surface area contributed by atoms with Gasteiger partial charge in [-0.2, -0.15) is 0 Å². The zero-order valence-corrected chi connectivity index (χ0v) is 25.7. The molecule has 0 saturated heterocycles. The number of carbonyl (C=O) groups excluding carboxylic acids is 2. The molecule has 3 aromatic carbocycles. The van der Waals surface area contributed by atoms with Crippen molar-refractivity contribution < 1.29 is 48.2 Å². The molecule has 5 rings (SSSR count). The summed E-state index contributed by atoms with van der Waals surface area (Å²) in [7, 11) is 5.96. The second kappa shape index (κ2) is 13.7. The maximum atomic E-state index is 13.3. The minimum atomic E-state index is -0.630. The van der Waals surface area contributed by atoms with Crippen molar-refractivity contribution >= 4 is 11.6 Å². The van der Waals surface area contributed by atoms with Crippen LogP contribution in [0.5, 0.6) is 40.2 Å². The molecule has 3 aromatic rings. The van der Waals surface area contributed by atoms with Gasteiger partial charge in [-0.1, -0.05) is 6.07 Å². The van der Waals surface area contributed by atoms with Crippen LogP contribution in [0.15, 0.2) is 65.9 Å². The Bertz CT molecular complexity index is 1670. The van der Waals surface area contributed by atoms with Crippen LogP contribution in [0.3, 0.4) is 0 Å². The van der Waals surface area contributed by atoms with E-state index in [0.717, 1.165) is 16.7 Å². The zero-order valence-electron chi connectivity index (χ0n) is 25.7. The monoisotopic (exact) mass is 616 g/mol. The van der Waals surface area contributed by atoms with E-state index in [2.05, 4.69) is 0 Å². The highest BCUT2D eigenvalue weighted by Crippen LogP contribution is 2.42. The van der Waals surface area contributed by atoms with Gasteiger partial charge in [-0.15, -0.1) is 0 Å². The number of phenols is 2. The van der Waals surface area contributed by atoms with E-state index in [1.807, 2.05) is 18.2 Å². The number of ether oxygens (including phenoxy) is 6. The number of benzene rings is 3. The van der Waals surface area contributed by atoms with Gasteiger partial charge in [-0.3, -0.25) is 9.59 Å². The third-order valence-electron chi connectivity index (χ3n) is 8.11. The average Bonchev–Trinajstić information content (AvgIpc) is 3.51. The van der Waals surface area contributed by atoms with E-state index in [1.165, 1.54) is 33.5 Å². The molecule has 0 amide bonds. The second-order valence-electron chi connectivity index (χ2n) is 10.7. The summed E-state index contributed by atoms with van der Waals surface area (Å²) in [5, 5.41) is 21.3. The van der Waals surface area contributed by atoms with Gasteiger partial charge in [-0.25, -0.2) is 0 Å². The van der Waals surface area contributed by atoms with E-state index >= 15 is 0 Å². The Balaban J connectivity index is 1.45. The Morgan fingerprint density at radius 2 is 1.38 bits per heavy atom. The number of fused-ring (bicyclic) bond motifs is 1. The van der Waals surface area contributed by atoms with E-state index in [0.29, 0.717) is 66.4 Å². The molecule has 1 aliphatic heterocycles. The van der Waals surface area contributed by atoms with Crippen molar-refractivity contribution in [1.82, 2.24) is 0 Å². The predicted octanol–water partition coefficient (Wildman–Crippen LogP) is 5.35. The van der Waals surface area contributed by atoms with Crippen LogP contribution in [0.25, 0.3) is 0 Å². The van der Waals surface area contributed by atoms with Gasteiger partial charge in [0.25, 0.3) is 0 Å². The minimum Gasteiger partial charge on any atom is -0.508 e. The summed E-state index contributed by atoms with van der Waals surface area (Å²) in [6, 6.07) is 12.2. The topological polar surface area (TPSA) is 130 Å². The Kier molecular flexibility index (Phi) is 9.51. The van der Waals surface area contributed by atoms with Gasteiger partial charge < -0.3 is 38.6 Å². The van der Waals surface area contributed by atoms with E-state index in [-0.39, 0.29) is 35.4 Å². The molecule has 236 valence electrons. The molecule has 0 saturated carbocycles. The van der Waals surface area contributed by atoms with Crippen molar-refractivity contribution in [2.75, 3.05) is 35.2 Å². The summed E-state index contributed by atoms with van der Waals surface area (Å²) in [6.45, 7) is 0.171. The molecular weight excluding hydrogens is 580 g/mol. The van der Waals surface area contributed by atoms with Gasteiger partial charge in [0.05, 0.1) is 28.4 Å². The molecule has 45 heavy (non-hydrogen) atoms. The maximum absolute atomic E-state index is 13.3. The van der Waals surface area contributed by atoms with Crippen molar-refractivity contribution in [2.45, 2.75) is 38.0 Å². The van der Waals surface area contributed by atoms with Crippen molar-refractivity contribution in [3.63, 3.8) is 0 Å². The summed E-state index contributed by atoms with van der Waals surface area (Å²) in [5.41, 5.74) is 3.41. The normalized spacial score (nSPS) is 14.5. The third-order valence-corrected chi connectivity index (χ3v) is 8.11. The number of allylic oxidation sites excluding steroid dienone is 3. The average molecular weight is 617 g/mol.